The summed E-state index contributed by atoms with van der Waals surface area (Å²) in [5, 5.41) is 9.82. The number of carboxylic acids is 1. The molecule has 0 aliphatic rings. The molecule has 4 nitrogen and oxygen atoms in total. The van der Waals surface area contributed by atoms with Crippen LogP contribution in [0.15, 0.2) is 59.2 Å². The number of rotatable bonds is 2. The van der Waals surface area contributed by atoms with Crippen molar-refractivity contribution in [3.8, 4) is 0 Å². The van der Waals surface area contributed by atoms with Gasteiger partial charge in [-0.05, 0) is 34.1 Å². The summed E-state index contributed by atoms with van der Waals surface area (Å²) in [5.41, 5.74) is 1.18. The number of hydrogen-bond donors (Lipinski definition) is 1. The second kappa shape index (κ2) is 5.18. The van der Waals surface area contributed by atoms with Crippen molar-refractivity contribution >= 4 is 38.7 Å². The molecule has 1 N–H and O–H groups in total. The number of carboxylic acid groups (broad SMARTS) is 1. The standard InChI is InChI=1S/C16H10BrNO3/c17-13-7-3-1-6-11(13)15(19)18-9-12(16(20)21)10-5-2-4-8-14(10)18/h1-9H,(H,20,21). The van der Waals surface area contributed by atoms with Crippen molar-refractivity contribution in [3.63, 3.8) is 0 Å². The summed E-state index contributed by atoms with van der Waals surface area (Å²) < 4.78 is 2.04. The third-order valence-corrected chi connectivity index (χ3v) is 3.96. The van der Waals surface area contributed by atoms with Crippen LogP contribution in [0.1, 0.15) is 20.7 Å². The van der Waals surface area contributed by atoms with E-state index in [9.17, 15) is 14.7 Å². The van der Waals surface area contributed by atoms with E-state index in [1.165, 1.54) is 10.8 Å². The van der Waals surface area contributed by atoms with Crippen LogP contribution in [0, 0.1) is 0 Å². The van der Waals surface area contributed by atoms with Crippen molar-refractivity contribution in [1.29, 1.82) is 0 Å². The Balaban J connectivity index is 2.24. The van der Waals surface area contributed by atoms with Crippen LogP contribution < -0.4 is 0 Å². The fourth-order valence-corrected chi connectivity index (χ4v) is 2.74. The van der Waals surface area contributed by atoms with Crippen molar-refractivity contribution < 1.29 is 14.7 Å². The van der Waals surface area contributed by atoms with Crippen LogP contribution in [0.4, 0.5) is 0 Å². The molecule has 0 fully saturated rings. The molecule has 21 heavy (non-hydrogen) atoms. The van der Waals surface area contributed by atoms with Crippen LogP contribution in [-0.2, 0) is 0 Å². The van der Waals surface area contributed by atoms with E-state index >= 15 is 0 Å². The second-order valence-electron chi connectivity index (χ2n) is 4.52. The Bertz CT molecular complexity index is 867. The topological polar surface area (TPSA) is 59.3 Å². The zero-order chi connectivity index (χ0) is 15.0. The number of halogens is 1. The zero-order valence-corrected chi connectivity index (χ0v) is 12.4. The predicted molar refractivity (Wildman–Crippen MR) is 82.8 cm³/mol. The number of carbonyl (C=O) groups is 2. The Kier molecular flexibility index (Phi) is 3.35. The van der Waals surface area contributed by atoms with Gasteiger partial charge in [0.25, 0.3) is 5.91 Å². The molecule has 0 amide bonds. The molecule has 3 aromatic rings. The second-order valence-corrected chi connectivity index (χ2v) is 5.37. The van der Waals surface area contributed by atoms with Crippen molar-refractivity contribution in [1.82, 2.24) is 4.57 Å². The van der Waals surface area contributed by atoms with Gasteiger partial charge in [-0.2, -0.15) is 0 Å². The number of hydrogen-bond acceptors (Lipinski definition) is 2. The minimum Gasteiger partial charge on any atom is -0.478 e. The minimum absolute atomic E-state index is 0.117. The van der Waals surface area contributed by atoms with Gasteiger partial charge in [-0.3, -0.25) is 9.36 Å². The highest BCUT2D eigenvalue weighted by atomic mass is 79.9. The summed E-state index contributed by atoms with van der Waals surface area (Å²) >= 11 is 3.34. The number of benzene rings is 2. The molecular weight excluding hydrogens is 334 g/mol. The lowest BCUT2D eigenvalue weighted by atomic mass is 10.2. The number of nitrogens with zero attached hydrogens (tertiary/aromatic N) is 1. The molecule has 0 aliphatic carbocycles. The molecule has 5 heteroatoms. The SMILES string of the molecule is O=C(O)c1cn(C(=O)c2ccccc2Br)c2ccccc12. The van der Waals surface area contributed by atoms with Crippen LogP contribution >= 0.6 is 15.9 Å². The summed E-state index contributed by atoms with van der Waals surface area (Å²) in [6.07, 6.45) is 1.37. The summed E-state index contributed by atoms with van der Waals surface area (Å²) in [7, 11) is 0. The summed E-state index contributed by atoms with van der Waals surface area (Å²) in [5.74, 6) is -1.32. The minimum atomic E-state index is -1.05. The van der Waals surface area contributed by atoms with Crippen molar-refractivity contribution in [3.05, 3.63) is 70.3 Å². The number of aromatic carboxylic acids is 1. The Hall–Kier alpha value is -2.40. The molecule has 0 unspecified atom stereocenters. The fourth-order valence-electron chi connectivity index (χ4n) is 2.28. The molecule has 0 atom stereocenters. The molecule has 0 spiro atoms. The van der Waals surface area contributed by atoms with E-state index in [2.05, 4.69) is 15.9 Å². The van der Waals surface area contributed by atoms with Gasteiger partial charge in [-0.1, -0.05) is 30.3 Å². The summed E-state index contributed by atoms with van der Waals surface area (Å²) in [6, 6.07) is 14.0. The number of para-hydroxylation sites is 1. The van der Waals surface area contributed by atoms with Gasteiger partial charge in [-0.25, -0.2) is 4.79 Å². The Morgan fingerprint density at radius 2 is 1.62 bits per heavy atom. The maximum atomic E-state index is 12.7. The lowest BCUT2D eigenvalue weighted by Gasteiger charge is -2.05. The quantitative estimate of drug-likeness (QED) is 0.769. The average molecular weight is 344 g/mol. The van der Waals surface area contributed by atoms with E-state index in [0.29, 0.717) is 20.9 Å². The van der Waals surface area contributed by atoms with Gasteiger partial charge in [0.1, 0.15) is 0 Å². The highest BCUT2D eigenvalue weighted by Gasteiger charge is 2.19. The maximum absolute atomic E-state index is 12.7. The van der Waals surface area contributed by atoms with Gasteiger partial charge >= 0.3 is 5.97 Å². The number of fused-ring (bicyclic) bond motifs is 1. The summed E-state index contributed by atoms with van der Waals surface area (Å²) in [4.78, 5) is 24.0. The number of carbonyl (C=O) groups excluding carboxylic acids is 1. The Labute approximate surface area is 128 Å². The van der Waals surface area contributed by atoms with E-state index in [1.54, 1.807) is 42.5 Å². The van der Waals surface area contributed by atoms with Gasteiger partial charge in [0, 0.05) is 16.1 Å². The van der Waals surface area contributed by atoms with Crippen LogP contribution in [0.3, 0.4) is 0 Å². The Morgan fingerprint density at radius 3 is 2.33 bits per heavy atom. The van der Waals surface area contributed by atoms with Gasteiger partial charge in [0.15, 0.2) is 0 Å². The van der Waals surface area contributed by atoms with Gasteiger partial charge in [0.05, 0.1) is 16.6 Å². The molecular formula is C16H10BrNO3. The maximum Gasteiger partial charge on any atom is 0.337 e. The lowest BCUT2D eigenvalue weighted by molar-refractivity contribution is 0.0699. The first-order valence-electron chi connectivity index (χ1n) is 6.22. The summed E-state index contributed by atoms with van der Waals surface area (Å²) in [6.45, 7) is 0. The highest BCUT2D eigenvalue weighted by molar-refractivity contribution is 9.10. The van der Waals surface area contributed by atoms with Crippen LogP contribution in [-0.4, -0.2) is 21.6 Å². The molecule has 1 aromatic heterocycles. The van der Waals surface area contributed by atoms with Gasteiger partial charge < -0.3 is 5.11 Å². The van der Waals surface area contributed by atoms with Crippen LogP contribution in [0.2, 0.25) is 0 Å². The van der Waals surface area contributed by atoms with Crippen molar-refractivity contribution in [2.45, 2.75) is 0 Å². The molecule has 1 heterocycles. The van der Waals surface area contributed by atoms with E-state index in [1.807, 2.05) is 6.07 Å². The fraction of sp³-hybridized carbons (Fsp3) is 0. The molecule has 0 saturated heterocycles. The first-order valence-corrected chi connectivity index (χ1v) is 7.01. The van der Waals surface area contributed by atoms with E-state index in [0.717, 1.165) is 0 Å². The molecule has 0 aliphatic heterocycles. The zero-order valence-electron chi connectivity index (χ0n) is 10.8. The van der Waals surface area contributed by atoms with E-state index in [4.69, 9.17) is 0 Å². The monoisotopic (exact) mass is 343 g/mol. The average Bonchev–Trinajstić information content (AvgIpc) is 2.87. The van der Waals surface area contributed by atoms with Crippen molar-refractivity contribution in [2.75, 3.05) is 0 Å². The van der Waals surface area contributed by atoms with Gasteiger partial charge in [0.2, 0.25) is 0 Å². The normalized spacial score (nSPS) is 10.7. The molecule has 2 aromatic carbocycles. The highest BCUT2D eigenvalue weighted by Crippen LogP contribution is 2.24. The van der Waals surface area contributed by atoms with Crippen molar-refractivity contribution in [2.24, 2.45) is 0 Å². The molecule has 104 valence electrons. The van der Waals surface area contributed by atoms with Gasteiger partial charge in [-0.15, -0.1) is 0 Å². The third-order valence-electron chi connectivity index (χ3n) is 3.27. The number of aromatic nitrogens is 1. The lowest BCUT2D eigenvalue weighted by Crippen LogP contribution is -2.11. The largest absolute Gasteiger partial charge is 0.478 e. The molecule has 3 rings (SSSR count). The van der Waals surface area contributed by atoms with Crippen LogP contribution in [0.25, 0.3) is 10.9 Å². The van der Waals surface area contributed by atoms with E-state index < -0.39 is 5.97 Å². The first-order chi connectivity index (χ1) is 10.1. The Morgan fingerprint density at radius 1 is 0.952 bits per heavy atom. The predicted octanol–water partition coefficient (Wildman–Crippen LogP) is 3.79. The molecule has 0 saturated carbocycles. The molecule has 0 bridgehead atoms. The third kappa shape index (κ3) is 2.25. The first kappa shape index (κ1) is 13.6. The van der Waals surface area contributed by atoms with E-state index in [-0.39, 0.29) is 11.5 Å². The van der Waals surface area contributed by atoms with Crippen LogP contribution in [0.5, 0.6) is 0 Å². The smallest absolute Gasteiger partial charge is 0.337 e. The molecule has 0 radical (unpaired) electrons.